The van der Waals surface area contributed by atoms with Crippen molar-refractivity contribution in [1.29, 1.82) is 0 Å². The highest BCUT2D eigenvalue weighted by Crippen LogP contribution is 2.13. The molecule has 0 aliphatic carbocycles. The molecule has 0 fully saturated rings. The lowest BCUT2D eigenvalue weighted by Gasteiger charge is -2.08. The van der Waals surface area contributed by atoms with Gasteiger partial charge >= 0.3 is 11.9 Å². The number of carboxylic acid groups (broad SMARTS) is 2. The van der Waals surface area contributed by atoms with Crippen molar-refractivity contribution in [3.63, 3.8) is 0 Å². The maximum Gasteiger partial charge on any atom is 0.336 e. The number of aromatic carboxylic acids is 2. The van der Waals surface area contributed by atoms with Crippen molar-refractivity contribution in [3.05, 3.63) is 34.9 Å². The minimum absolute atomic E-state index is 0.0337. The summed E-state index contributed by atoms with van der Waals surface area (Å²) in [6.07, 6.45) is 1.70. The van der Waals surface area contributed by atoms with Crippen molar-refractivity contribution in [1.82, 2.24) is 5.32 Å². The van der Waals surface area contributed by atoms with Gasteiger partial charge in [-0.25, -0.2) is 9.59 Å². The topological polar surface area (TPSA) is 104 Å². The van der Waals surface area contributed by atoms with Gasteiger partial charge in [0.15, 0.2) is 0 Å². The van der Waals surface area contributed by atoms with E-state index < -0.39 is 17.8 Å². The van der Waals surface area contributed by atoms with E-state index in [4.69, 9.17) is 10.2 Å². The molecule has 0 spiro atoms. The second kappa shape index (κ2) is 6.53. The average molecular weight is 265 g/mol. The van der Waals surface area contributed by atoms with Gasteiger partial charge in [0.1, 0.15) is 0 Å². The predicted octanol–water partition coefficient (Wildman–Crippen LogP) is 1.61. The van der Waals surface area contributed by atoms with Gasteiger partial charge in [0, 0.05) is 6.54 Å². The lowest BCUT2D eigenvalue weighted by molar-refractivity contribution is 0.0691. The number of hydrogen-bond donors (Lipinski definition) is 3. The minimum atomic E-state index is -1.33. The second-order valence-corrected chi connectivity index (χ2v) is 3.98. The summed E-state index contributed by atoms with van der Waals surface area (Å²) in [5.74, 6) is -3.08. The van der Waals surface area contributed by atoms with Gasteiger partial charge in [0.05, 0.1) is 16.7 Å². The maximum absolute atomic E-state index is 11.8. The summed E-state index contributed by atoms with van der Waals surface area (Å²) in [7, 11) is 0. The third-order valence-corrected chi connectivity index (χ3v) is 2.56. The number of unbranched alkanes of at least 4 members (excludes halogenated alkanes) is 1. The molecule has 0 radical (unpaired) electrons. The molecule has 0 heterocycles. The molecule has 6 nitrogen and oxygen atoms in total. The molecule has 0 bridgehead atoms. The van der Waals surface area contributed by atoms with Crippen molar-refractivity contribution in [3.8, 4) is 0 Å². The first-order chi connectivity index (χ1) is 8.97. The number of amides is 1. The van der Waals surface area contributed by atoms with Crippen LogP contribution < -0.4 is 5.32 Å². The molecule has 6 heteroatoms. The summed E-state index contributed by atoms with van der Waals surface area (Å²) in [6, 6.07) is 3.41. The molecule has 102 valence electrons. The van der Waals surface area contributed by atoms with E-state index in [1.54, 1.807) is 0 Å². The Bertz CT molecular complexity index is 510. The Balaban J connectivity index is 3.03. The highest BCUT2D eigenvalue weighted by Gasteiger charge is 2.18. The zero-order chi connectivity index (χ0) is 14.4. The first-order valence-corrected chi connectivity index (χ1v) is 5.86. The summed E-state index contributed by atoms with van der Waals surface area (Å²) in [4.78, 5) is 33.6. The fraction of sp³-hybridized carbons (Fsp3) is 0.308. The Morgan fingerprint density at radius 2 is 1.79 bits per heavy atom. The van der Waals surface area contributed by atoms with Crippen molar-refractivity contribution in [2.24, 2.45) is 0 Å². The van der Waals surface area contributed by atoms with E-state index >= 15 is 0 Å². The Morgan fingerprint density at radius 1 is 1.11 bits per heavy atom. The molecule has 1 amide bonds. The van der Waals surface area contributed by atoms with Crippen LogP contribution in [0.1, 0.15) is 50.8 Å². The Hall–Kier alpha value is -2.37. The van der Waals surface area contributed by atoms with Crippen molar-refractivity contribution in [2.45, 2.75) is 19.8 Å². The highest BCUT2D eigenvalue weighted by molar-refractivity contribution is 6.06. The van der Waals surface area contributed by atoms with Gasteiger partial charge in [-0.05, 0) is 24.6 Å². The van der Waals surface area contributed by atoms with Crippen LogP contribution in [0.25, 0.3) is 0 Å². The van der Waals surface area contributed by atoms with Gasteiger partial charge in [0.2, 0.25) is 0 Å². The molecule has 1 rings (SSSR count). The first kappa shape index (κ1) is 14.7. The molecule has 0 aliphatic rings. The lowest BCUT2D eigenvalue weighted by Crippen LogP contribution is -2.26. The van der Waals surface area contributed by atoms with Crippen molar-refractivity contribution in [2.75, 3.05) is 6.54 Å². The number of rotatable bonds is 6. The number of hydrogen-bond acceptors (Lipinski definition) is 3. The molecule has 19 heavy (non-hydrogen) atoms. The minimum Gasteiger partial charge on any atom is -0.478 e. The van der Waals surface area contributed by atoms with Gasteiger partial charge in [-0.2, -0.15) is 0 Å². The monoisotopic (exact) mass is 265 g/mol. The van der Waals surface area contributed by atoms with Crippen molar-refractivity contribution >= 4 is 17.8 Å². The molecule has 1 aromatic rings. The molecular formula is C13H15NO5. The smallest absolute Gasteiger partial charge is 0.336 e. The summed E-state index contributed by atoms with van der Waals surface area (Å²) in [5.41, 5.74) is -0.509. The molecule has 0 atom stereocenters. The molecule has 0 saturated carbocycles. The van der Waals surface area contributed by atoms with E-state index in [0.717, 1.165) is 18.9 Å². The van der Waals surface area contributed by atoms with E-state index in [1.165, 1.54) is 12.1 Å². The fourth-order valence-corrected chi connectivity index (χ4v) is 1.53. The number of carboxylic acids is 2. The highest BCUT2D eigenvalue weighted by atomic mass is 16.4. The Kier molecular flexibility index (Phi) is 5.05. The predicted molar refractivity (Wildman–Crippen MR) is 67.6 cm³/mol. The molecule has 3 N–H and O–H groups in total. The lowest BCUT2D eigenvalue weighted by atomic mass is 10.0. The van der Waals surface area contributed by atoms with Crippen LogP contribution in [0.4, 0.5) is 0 Å². The van der Waals surface area contributed by atoms with Crippen LogP contribution in [0, 0.1) is 0 Å². The van der Waals surface area contributed by atoms with Crippen LogP contribution in [-0.4, -0.2) is 34.6 Å². The van der Waals surface area contributed by atoms with E-state index in [-0.39, 0.29) is 16.7 Å². The molecule has 1 aromatic carbocycles. The third kappa shape index (κ3) is 3.80. The van der Waals surface area contributed by atoms with Gasteiger partial charge in [-0.15, -0.1) is 0 Å². The van der Waals surface area contributed by atoms with Crippen LogP contribution in [-0.2, 0) is 0 Å². The molecule has 0 saturated heterocycles. The summed E-state index contributed by atoms with van der Waals surface area (Å²) < 4.78 is 0. The summed E-state index contributed by atoms with van der Waals surface area (Å²) in [5, 5.41) is 20.4. The second-order valence-electron chi connectivity index (χ2n) is 3.98. The third-order valence-electron chi connectivity index (χ3n) is 2.56. The van der Waals surface area contributed by atoms with Crippen LogP contribution >= 0.6 is 0 Å². The van der Waals surface area contributed by atoms with Crippen molar-refractivity contribution < 1.29 is 24.6 Å². The van der Waals surface area contributed by atoms with E-state index in [0.29, 0.717) is 6.54 Å². The Morgan fingerprint density at radius 3 is 2.32 bits per heavy atom. The van der Waals surface area contributed by atoms with Gasteiger partial charge < -0.3 is 15.5 Å². The Labute approximate surface area is 110 Å². The first-order valence-electron chi connectivity index (χ1n) is 5.86. The van der Waals surface area contributed by atoms with Crippen LogP contribution in [0.3, 0.4) is 0 Å². The van der Waals surface area contributed by atoms with E-state index in [9.17, 15) is 14.4 Å². The SMILES string of the molecule is CCCCNC(=O)c1ccc(C(=O)O)cc1C(=O)O. The number of benzene rings is 1. The normalized spacial score (nSPS) is 9.95. The van der Waals surface area contributed by atoms with Crippen LogP contribution in [0.5, 0.6) is 0 Å². The average Bonchev–Trinajstić information content (AvgIpc) is 2.38. The summed E-state index contributed by atoms with van der Waals surface area (Å²) >= 11 is 0. The number of nitrogens with one attached hydrogen (secondary N) is 1. The zero-order valence-corrected chi connectivity index (χ0v) is 10.5. The van der Waals surface area contributed by atoms with E-state index in [2.05, 4.69) is 5.32 Å². The molecule has 0 unspecified atom stereocenters. The zero-order valence-electron chi connectivity index (χ0n) is 10.5. The number of carbonyl (C=O) groups is 3. The molecular weight excluding hydrogens is 250 g/mol. The largest absolute Gasteiger partial charge is 0.478 e. The van der Waals surface area contributed by atoms with Gasteiger partial charge in [0.25, 0.3) is 5.91 Å². The maximum atomic E-state index is 11.8. The van der Waals surface area contributed by atoms with Crippen LogP contribution in [0.2, 0.25) is 0 Å². The van der Waals surface area contributed by atoms with E-state index in [1.807, 2.05) is 6.92 Å². The summed E-state index contributed by atoms with van der Waals surface area (Å²) in [6.45, 7) is 2.42. The standard InChI is InChI=1S/C13H15NO5/c1-2-3-6-14-11(15)9-5-4-8(12(16)17)7-10(9)13(18)19/h4-5,7H,2-3,6H2,1H3,(H,14,15)(H,16,17)(H,18,19). The fourth-order valence-electron chi connectivity index (χ4n) is 1.53. The molecule has 0 aliphatic heterocycles. The van der Waals surface area contributed by atoms with Crippen LogP contribution in [0.15, 0.2) is 18.2 Å². The quantitative estimate of drug-likeness (QED) is 0.678. The van der Waals surface area contributed by atoms with Gasteiger partial charge in [-0.1, -0.05) is 13.3 Å². The van der Waals surface area contributed by atoms with Gasteiger partial charge in [-0.3, -0.25) is 4.79 Å². The number of carbonyl (C=O) groups excluding carboxylic acids is 1. The molecule has 0 aromatic heterocycles.